The Morgan fingerprint density at radius 2 is 0.860 bits per heavy atom. The maximum Gasteiger partial charge on any atom is 0.249 e. The Bertz CT molecular complexity index is 4230. The van der Waals surface area contributed by atoms with Crippen LogP contribution in [0.15, 0.2) is 73.3 Å². The highest BCUT2D eigenvalue weighted by molar-refractivity contribution is 5.95. The van der Waals surface area contributed by atoms with Crippen LogP contribution in [-0.2, 0) is 104 Å². The lowest BCUT2D eigenvalue weighted by Gasteiger charge is -2.48. The zero-order valence-electron chi connectivity index (χ0n) is 66.3. The van der Waals surface area contributed by atoms with E-state index in [4.69, 9.17) is 37.9 Å². The minimum atomic E-state index is -1.78. The first-order valence-electron chi connectivity index (χ1n) is 39.8. The van der Waals surface area contributed by atoms with E-state index in [1.54, 1.807) is 34.6 Å². The van der Waals surface area contributed by atoms with Crippen LogP contribution in [0.5, 0.6) is 0 Å². The summed E-state index contributed by atoms with van der Waals surface area (Å²) in [6, 6.07) is 10.7. The largest absolute Gasteiger partial charge is 0.390 e. The molecule has 6 aliphatic rings. The highest BCUT2D eigenvalue weighted by atomic mass is 16.7. The number of benzene rings is 2. The minimum Gasteiger partial charge on any atom is -0.390 e. The van der Waals surface area contributed by atoms with Gasteiger partial charge >= 0.3 is 0 Å². The van der Waals surface area contributed by atoms with Crippen LogP contribution < -0.4 is 16.0 Å². The Morgan fingerprint density at radius 3 is 1.31 bits per heavy atom. The van der Waals surface area contributed by atoms with Crippen LogP contribution >= 0.6 is 0 Å². The minimum absolute atomic E-state index is 0.0239. The number of hydrogen-bond acceptors (Lipinski definition) is 28. The predicted octanol–water partition coefficient (Wildman–Crippen LogP) is -0.852. The summed E-state index contributed by atoms with van der Waals surface area (Å²) >= 11 is 0. The number of ketones is 1. The van der Waals surface area contributed by atoms with Gasteiger partial charge in [-0.25, -0.2) is 9.36 Å². The third-order valence-corrected chi connectivity index (χ3v) is 24.4. The highest BCUT2D eigenvalue weighted by Crippen LogP contribution is 2.42. The standard InChI is InChI=1S/C79H115N11O24/c1-13-52-61(96)63(98)65(100)78(107-52)113-71-36(5)23-34(3)69(67(71)102)111-76-59(94)39(8)57(92)54(109-76)32-89-30-44(83-85-89)27-48(81-73(104)38(7)25-42-28-87(11)50-21-17-15-19-45(42)50)74(105)82-56(75(106)80-47(41(10)91)26-43-29-88(12)51-22-18-16-20-46(43)51)49-31-90(86-84-49)33-55-58(93)40(9)60(95)77(110-55)112-70-35(4)24-37(6)72(68(70)103)114-79-66(101)64(99)62(97)53(14-2)108-79/h15-22,28-31,34-40,47-48,52-72,76-79,92-103H,13-14,23-27,32-33H2,1-12H3,(H,80,106)(H,81,104)(H,82,105)/t34-,35-,36+,37+,38?,39+,40+,47?,48?,52?,53?,54?,55?,56?,57-,58-,59-,60?,61+,62+,63?,64?,65?,66?,67?,68?,69-,70-,71?,72?,76?,77+,78+,79+/m1/s1. The maximum atomic E-state index is 15.6. The van der Waals surface area contributed by atoms with Gasteiger partial charge in [-0.15, -0.1) is 10.2 Å². The summed E-state index contributed by atoms with van der Waals surface area (Å²) in [5.41, 5.74) is 3.34. The molecule has 630 valence electrons. The molecule has 2 saturated carbocycles. The van der Waals surface area contributed by atoms with E-state index in [2.05, 4.69) is 36.6 Å². The van der Waals surface area contributed by atoms with Crippen LogP contribution in [0.1, 0.15) is 123 Å². The summed E-state index contributed by atoms with van der Waals surface area (Å²) in [6.45, 7) is 16.5. The second-order valence-corrected chi connectivity index (χ2v) is 32.9. The van der Waals surface area contributed by atoms with E-state index in [0.29, 0.717) is 19.3 Å². The van der Waals surface area contributed by atoms with Crippen molar-refractivity contribution in [2.24, 2.45) is 55.5 Å². The molecule has 114 heavy (non-hydrogen) atoms. The first-order valence-corrected chi connectivity index (χ1v) is 39.8. The van der Waals surface area contributed by atoms with E-state index in [1.807, 2.05) is 112 Å². The van der Waals surface area contributed by atoms with E-state index >= 15 is 9.59 Å². The van der Waals surface area contributed by atoms with E-state index in [-0.39, 0.29) is 73.8 Å². The number of aromatic nitrogens is 8. The first kappa shape index (κ1) is 86.4. The normalized spacial score (nSPS) is 37.3. The van der Waals surface area contributed by atoms with Gasteiger partial charge in [0, 0.05) is 85.1 Å². The second-order valence-electron chi connectivity index (χ2n) is 32.9. The summed E-state index contributed by atoms with van der Waals surface area (Å²) in [7, 11) is 3.75. The molecule has 2 aliphatic carbocycles. The van der Waals surface area contributed by atoms with Gasteiger partial charge in [-0.05, 0) is 86.0 Å². The molecule has 3 amide bonds. The SMILES string of the molecule is CCC1O[C@@H](OC2C(O)[C@H](OC3OC(Cn4cc(CC(NC(=O)C(C)Cc5cn(C)c6ccccc56)C(=O)NC(C(=O)NC(Cc5cn(C)c6ccccc56)C(C)=O)c5cn(CC6O[C@@H](O[C@H]7C(O)C(O[C@@H]8OC(CC)[C@H](O)C(O)C8O)[C@@H](C)C[C@H]7C)C(O)[C@@H](C)[C@H]6O)nn5)nn4)[C@H](O)[C@H](C)[C@H]3O)[C@H](C)C[C@@H]2C)C(O)C(O)[C@H]1O. The lowest BCUT2D eigenvalue weighted by Crippen LogP contribution is -2.62. The van der Waals surface area contributed by atoms with Crippen molar-refractivity contribution in [2.75, 3.05) is 0 Å². The monoisotopic (exact) mass is 1600 g/mol. The summed E-state index contributed by atoms with van der Waals surface area (Å²) in [5.74, 6) is -6.82. The smallest absolute Gasteiger partial charge is 0.249 e. The first-order chi connectivity index (χ1) is 54.1. The highest BCUT2D eigenvalue weighted by Gasteiger charge is 2.54. The summed E-state index contributed by atoms with van der Waals surface area (Å²) in [4.78, 5) is 59.5. The fourth-order valence-corrected chi connectivity index (χ4v) is 17.5. The molecule has 6 aromatic rings. The van der Waals surface area contributed by atoms with Crippen molar-refractivity contribution in [3.05, 3.63) is 95.8 Å². The average molecular weight is 1600 g/mol. The number of Topliss-reactive ketones (excluding diaryl/α,β-unsaturated/α-hetero) is 1. The van der Waals surface area contributed by atoms with Gasteiger partial charge in [0.2, 0.25) is 17.7 Å². The Balaban J connectivity index is 0.798. The number of aryl methyl sites for hydroxylation is 2. The van der Waals surface area contributed by atoms with Crippen LogP contribution in [0.3, 0.4) is 0 Å². The van der Waals surface area contributed by atoms with Gasteiger partial charge in [0.25, 0.3) is 0 Å². The Hall–Kier alpha value is -6.92. The van der Waals surface area contributed by atoms with Crippen molar-refractivity contribution < 1.29 is 118 Å². The second kappa shape index (κ2) is 36.5. The van der Waals surface area contributed by atoms with Crippen molar-refractivity contribution in [3.8, 4) is 0 Å². The van der Waals surface area contributed by atoms with Crippen LogP contribution in [0, 0.1) is 41.4 Å². The van der Waals surface area contributed by atoms with Gasteiger partial charge < -0.3 is 124 Å². The number of rotatable bonds is 28. The van der Waals surface area contributed by atoms with Crippen LogP contribution in [0.4, 0.5) is 0 Å². The van der Waals surface area contributed by atoms with E-state index in [1.165, 1.54) is 28.7 Å². The van der Waals surface area contributed by atoms with Gasteiger partial charge in [0.05, 0.1) is 79.9 Å². The zero-order chi connectivity index (χ0) is 82.3. The summed E-state index contributed by atoms with van der Waals surface area (Å²) < 4.78 is 56.1. The number of hydrogen-bond donors (Lipinski definition) is 15. The number of carbonyl (C=O) groups excluding carboxylic acids is 4. The molecule has 8 heterocycles. The number of para-hydroxylation sites is 2. The Morgan fingerprint density at radius 1 is 0.456 bits per heavy atom. The fourth-order valence-electron chi connectivity index (χ4n) is 17.5. The van der Waals surface area contributed by atoms with E-state index in [9.17, 15) is 70.9 Å². The topological polar surface area (TPSA) is 492 Å². The molecule has 18 unspecified atom stereocenters. The molecule has 4 aliphatic heterocycles. The molecule has 0 radical (unpaired) electrons. The quantitative estimate of drug-likeness (QED) is 0.0284. The van der Waals surface area contributed by atoms with Gasteiger partial charge in [0.15, 0.2) is 37.0 Å². The fraction of sp³-hybridized carbons (Fsp3) is 0.696. The number of aliphatic hydroxyl groups is 12. The molecule has 2 aromatic carbocycles. The number of fused-ring (bicyclic) bond motifs is 2. The number of ether oxygens (including phenoxy) is 8. The molecule has 4 saturated heterocycles. The molecule has 4 aromatic heterocycles. The van der Waals surface area contributed by atoms with Crippen molar-refractivity contribution >= 4 is 45.3 Å². The summed E-state index contributed by atoms with van der Waals surface area (Å²) in [6.07, 6.45) is -23.8. The molecule has 15 N–H and O–H groups in total. The average Bonchev–Trinajstić information content (AvgIpc) is 1.08. The van der Waals surface area contributed by atoms with Gasteiger partial charge in [-0.1, -0.05) is 109 Å². The zero-order valence-corrected chi connectivity index (χ0v) is 66.3. The van der Waals surface area contributed by atoms with Crippen LogP contribution in [0.2, 0.25) is 0 Å². The summed E-state index contributed by atoms with van der Waals surface area (Å²) in [5, 5.41) is 163. The number of nitrogens with one attached hydrogen (secondary N) is 3. The predicted molar refractivity (Wildman–Crippen MR) is 403 cm³/mol. The van der Waals surface area contributed by atoms with Gasteiger partial charge in [-0.3, -0.25) is 19.2 Å². The molecule has 35 heteroatoms. The van der Waals surface area contributed by atoms with Crippen molar-refractivity contribution in [1.29, 1.82) is 0 Å². The van der Waals surface area contributed by atoms with Crippen LogP contribution in [0.25, 0.3) is 21.8 Å². The lowest BCUT2D eigenvalue weighted by atomic mass is 9.77. The number of amides is 3. The molecule has 6 fully saturated rings. The van der Waals surface area contributed by atoms with Crippen molar-refractivity contribution in [3.63, 3.8) is 0 Å². The van der Waals surface area contributed by atoms with Gasteiger partial charge in [-0.2, -0.15) is 0 Å². The van der Waals surface area contributed by atoms with Crippen LogP contribution in [-0.4, -0.2) is 283 Å². The third kappa shape index (κ3) is 18.3. The van der Waals surface area contributed by atoms with Crippen molar-refractivity contribution in [2.45, 2.75) is 293 Å². The van der Waals surface area contributed by atoms with Gasteiger partial charge in [0.1, 0.15) is 85.0 Å². The maximum absolute atomic E-state index is 15.6. The molecule has 35 nitrogen and oxygen atoms in total. The number of aliphatic hydroxyl groups excluding tert-OH is 12. The lowest BCUT2D eigenvalue weighted by molar-refractivity contribution is -0.341. The molecular weight excluding hydrogens is 1490 g/mol. The molecule has 0 spiro atoms. The number of nitrogens with zero attached hydrogens (tertiary/aromatic N) is 8. The molecule has 34 atom stereocenters. The van der Waals surface area contributed by atoms with E-state index in [0.717, 1.165) is 32.9 Å². The number of carbonyl (C=O) groups is 4. The third-order valence-electron chi connectivity index (χ3n) is 24.4. The molecular formula is C79H115N11O24. The Labute approximate surface area is 660 Å². The molecule has 0 bridgehead atoms. The molecule has 12 rings (SSSR count). The van der Waals surface area contributed by atoms with E-state index < -0.39 is 207 Å². The Kier molecular flexibility index (Phi) is 27.7. The van der Waals surface area contributed by atoms with Crippen molar-refractivity contribution in [1.82, 2.24) is 55.1 Å².